The molecule has 0 aromatic heterocycles. The summed E-state index contributed by atoms with van der Waals surface area (Å²) in [4.78, 5) is 0. The highest BCUT2D eigenvalue weighted by Crippen LogP contribution is 2.44. The second-order valence-corrected chi connectivity index (χ2v) is 15.6. The lowest BCUT2D eigenvalue weighted by Gasteiger charge is -2.50. The number of rotatable bonds is 10. The van der Waals surface area contributed by atoms with Gasteiger partial charge in [0.05, 0.1) is 50.2 Å². The molecule has 0 aromatic rings. The molecule has 10 unspecified atom stereocenters. The quantitative estimate of drug-likeness (QED) is 0.0911. The molecule has 22 heteroatoms. The van der Waals surface area contributed by atoms with Crippen molar-refractivity contribution in [3.8, 4) is 0 Å². The maximum absolute atomic E-state index is 11.4. The van der Waals surface area contributed by atoms with E-state index in [0.717, 1.165) is 0 Å². The molecule has 2 aliphatic carbocycles. The zero-order valence-electron chi connectivity index (χ0n) is 29.7. The predicted molar refractivity (Wildman–Crippen MR) is 174 cm³/mol. The fourth-order valence-electron chi connectivity index (χ4n) is 8.84. The van der Waals surface area contributed by atoms with E-state index < -0.39 is 173 Å². The average Bonchev–Trinajstić information content (AvgIpc) is 3.16. The number of hydrogen-bond acceptors (Lipinski definition) is 21. The van der Waals surface area contributed by atoms with Gasteiger partial charge in [0.2, 0.25) is 0 Å². The maximum Gasteiger partial charge on any atom is 0.187 e. The van der Waals surface area contributed by atoms with Gasteiger partial charge in [-0.15, -0.1) is 0 Å². The Hall–Kier alpha value is -0.880. The van der Waals surface area contributed by atoms with Crippen molar-refractivity contribution < 1.29 is 110 Å². The third kappa shape index (κ3) is 8.87. The van der Waals surface area contributed by atoms with Crippen LogP contribution in [0.4, 0.5) is 0 Å². The Morgan fingerprint density at radius 3 is 1.36 bits per heavy atom. The summed E-state index contributed by atoms with van der Waals surface area (Å²) in [6.45, 7) is -2.15. The summed E-state index contributed by atoms with van der Waals surface area (Å²) in [7, 11) is 0. The van der Waals surface area contributed by atoms with Crippen LogP contribution in [0.3, 0.4) is 0 Å². The molecule has 6 rings (SSSR count). The van der Waals surface area contributed by atoms with Crippen molar-refractivity contribution in [1.82, 2.24) is 0 Å². The number of aliphatic hydroxyl groups is 17. The zero-order chi connectivity index (χ0) is 40.0. The molecular formula is C33H57O22+. The molecular weight excluding hydrogens is 748 g/mol. The minimum Gasteiger partial charge on any atom is -0.427 e. The van der Waals surface area contributed by atoms with Gasteiger partial charge in [-0.3, -0.25) is 0 Å². The van der Waals surface area contributed by atoms with E-state index >= 15 is 0 Å². The molecule has 22 nitrogen and oxygen atoms in total. The molecule has 6 fully saturated rings. The van der Waals surface area contributed by atoms with Gasteiger partial charge in [-0.25, -0.2) is 0 Å². The second kappa shape index (κ2) is 18.2. The van der Waals surface area contributed by atoms with Crippen LogP contribution in [-0.2, 0) is 28.4 Å². The average molecular weight is 806 g/mol. The fourth-order valence-corrected chi connectivity index (χ4v) is 8.84. The van der Waals surface area contributed by atoms with Gasteiger partial charge in [-0.05, 0) is 19.3 Å². The summed E-state index contributed by atoms with van der Waals surface area (Å²) in [6, 6.07) is 0. The van der Waals surface area contributed by atoms with Gasteiger partial charge in [0.25, 0.3) is 0 Å². The topological polar surface area (TPSA) is 372 Å². The van der Waals surface area contributed by atoms with E-state index in [9.17, 15) is 76.6 Å². The molecule has 0 bridgehead atoms. The fraction of sp³-hybridized carbons (Fsp3) is 1.00. The molecule has 320 valence electrons. The van der Waals surface area contributed by atoms with Crippen LogP contribution in [0.5, 0.6) is 0 Å². The van der Waals surface area contributed by atoms with E-state index in [4.69, 9.17) is 33.2 Å². The van der Waals surface area contributed by atoms with Crippen LogP contribution >= 0.6 is 0 Å². The summed E-state index contributed by atoms with van der Waals surface area (Å²) in [5, 5.41) is 156. The van der Waals surface area contributed by atoms with E-state index in [1.807, 2.05) is 0 Å². The van der Waals surface area contributed by atoms with Crippen LogP contribution < -0.4 is 0 Å². The molecule has 2 saturated carbocycles. The van der Waals surface area contributed by atoms with Gasteiger partial charge in [-0.1, -0.05) is 0 Å². The van der Waals surface area contributed by atoms with Crippen LogP contribution in [0.15, 0.2) is 0 Å². The molecule has 4 saturated heterocycles. The number of ether oxygens (including phenoxy) is 7. The van der Waals surface area contributed by atoms with Crippen molar-refractivity contribution in [2.24, 2.45) is 11.8 Å². The van der Waals surface area contributed by atoms with Gasteiger partial charge in [-0.2, -0.15) is 0 Å². The molecule has 16 N–H and O–H groups in total. The summed E-state index contributed by atoms with van der Waals surface area (Å²) >= 11 is 0. The van der Waals surface area contributed by atoms with Crippen molar-refractivity contribution in [3.63, 3.8) is 0 Å². The van der Waals surface area contributed by atoms with E-state index in [0.29, 0.717) is 0 Å². The van der Waals surface area contributed by atoms with Crippen LogP contribution in [0.25, 0.3) is 0 Å². The van der Waals surface area contributed by atoms with Crippen molar-refractivity contribution in [3.05, 3.63) is 0 Å². The monoisotopic (exact) mass is 805 g/mol. The molecule has 6 aliphatic rings. The van der Waals surface area contributed by atoms with Crippen LogP contribution in [0, 0.1) is 11.8 Å². The van der Waals surface area contributed by atoms with Crippen molar-refractivity contribution in [1.29, 1.82) is 0 Å². The van der Waals surface area contributed by atoms with E-state index in [-0.39, 0.29) is 32.1 Å². The number of hydrogen-bond donors (Lipinski definition) is 15. The largest absolute Gasteiger partial charge is 0.427 e. The highest BCUT2D eigenvalue weighted by atomic mass is 16.7. The molecule has 4 heterocycles. The lowest BCUT2D eigenvalue weighted by Crippen LogP contribution is -2.64. The van der Waals surface area contributed by atoms with Crippen molar-refractivity contribution in [2.45, 2.75) is 173 Å². The number of fused-ring (bicyclic) bond motifs is 1. The van der Waals surface area contributed by atoms with Crippen LogP contribution in [-0.4, -0.2) is 242 Å². The first-order chi connectivity index (χ1) is 26.1. The van der Waals surface area contributed by atoms with Crippen LogP contribution in [0.2, 0.25) is 0 Å². The Bertz CT molecular complexity index is 1220. The molecule has 55 heavy (non-hydrogen) atoms. The normalized spacial score (nSPS) is 55.1. The molecule has 0 radical (unpaired) electrons. The first-order valence-corrected chi connectivity index (χ1v) is 18.7. The van der Waals surface area contributed by atoms with E-state index in [1.54, 1.807) is 0 Å². The summed E-state index contributed by atoms with van der Waals surface area (Å²) in [5.41, 5.74) is 0. The lowest BCUT2D eigenvalue weighted by molar-refractivity contribution is -0.365. The first kappa shape index (κ1) is 43.7. The predicted octanol–water partition coefficient (Wildman–Crippen LogP) is -8.89. The van der Waals surface area contributed by atoms with Gasteiger partial charge >= 0.3 is 0 Å². The van der Waals surface area contributed by atoms with Gasteiger partial charge in [0.1, 0.15) is 85.5 Å². The highest BCUT2D eigenvalue weighted by molar-refractivity contribution is 5.01. The molecule has 0 spiro atoms. The summed E-state index contributed by atoms with van der Waals surface area (Å²) in [5.74, 6) is -1.32. The molecule has 25 atom stereocenters. The highest BCUT2D eigenvalue weighted by Gasteiger charge is 2.57. The second-order valence-electron chi connectivity index (χ2n) is 15.6. The third-order valence-electron chi connectivity index (χ3n) is 12.1. The molecule has 0 amide bonds. The van der Waals surface area contributed by atoms with Gasteiger partial charge in [0, 0.05) is 18.8 Å². The van der Waals surface area contributed by atoms with Gasteiger partial charge < -0.3 is 110 Å². The Balaban J connectivity index is 1.23. The summed E-state index contributed by atoms with van der Waals surface area (Å²) < 4.78 is 39.7. The van der Waals surface area contributed by atoms with Gasteiger partial charge in [0.15, 0.2) is 31.1 Å². The molecule has 0 aromatic carbocycles. The first-order valence-electron chi connectivity index (χ1n) is 18.7. The lowest BCUT2D eigenvalue weighted by atomic mass is 9.72. The Kier molecular flexibility index (Phi) is 14.4. The van der Waals surface area contributed by atoms with E-state index in [1.165, 1.54) is 0 Å². The van der Waals surface area contributed by atoms with Crippen LogP contribution in [0.1, 0.15) is 32.1 Å². The standard InChI is InChI=1S/C33H56O22/c34-6-17-21(40)24(43)27(46)31(53-17)49-10-3-12(37)11-5-16(52-33-29(48)26(45)23(42)19(8-36)55-33)30(50-14(11)4-10)9-1-13(38)20(39)15(2-9)51-32-28(47)25(44)22(41)18(7-35)54-32/h9-48H,1-8H2/p+1/t9?,10?,11?,12?,13?,14?,15?,16?,17-,18+,19+,20?,21-,22+,23+,24+,25-,26-,27-,28+,29+,30?,31+,32+,33-/m1/s1. The smallest absolute Gasteiger partial charge is 0.187 e. The SMILES string of the molecule is OC[C@@H]1O[C@@H](OC2CC3C(O)CC(O[C@H]4O[C@H](CO)[C@@H](O)[C@H](O)[C@H]4O)CC3[OH+]C2C2CC(O)C(O)C(O[C@H]3O[C@@H](CO)[C@H](O)[C@@H](O)[C@@H]3O)C2)[C@@H](O)[C@H](O)[C@H]1O. The number of aliphatic hydroxyl groups excluding tert-OH is 15. The third-order valence-corrected chi connectivity index (χ3v) is 12.1. The van der Waals surface area contributed by atoms with E-state index in [2.05, 4.69) is 0 Å². The van der Waals surface area contributed by atoms with Crippen molar-refractivity contribution >= 4 is 0 Å². The minimum absolute atomic E-state index is 0.00745. The zero-order valence-corrected chi connectivity index (χ0v) is 29.7. The Morgan fingerprint density at radius 2 is 0.891 bits per heavy atom. The minimum atomic E-state index is -1.81. The summed E-state index contributed by atoms with van der Waals surface area (Å²) in [6.07, 6.45) is -33.0. The Morgan fingerprint density at radius 1 is 0.436 bits per heavy atom. The Labute approximate surface area is 314 Å². The molecule has 4 aliphatic heterocycles. The maximum atomic E-state index is 11.4. The van der Waals surface area contributed by atoms with Crippen molar-refractivity contribution in [2.75, 3.05) is 19.8 Å².